The van der Waals surface area contributed by atoms with Crippen molar-refractivity contribution in [3.63, 3.8) is 0 Å². The SMILES string of the molecule is Cc1ncn2c1Cn1nc(C(=O)c3ccncc3)nc1-c1cc(Br)ccc1-2. The summed E-state index contributed by atoms with van der Waals surface area (Å²) < 4.78 is 4.75. The number of carbonyl (C=O) groups excluding carboxylic acids is 1. The second kappa shape index (κ2) is 5.95. The largest absolute Gasteiger partial charge is 0.300 e. The first-order chi connectivity index (χ1) is 13.1. The maximum atomic E-state index is 12.8. The summed E-state index contributed by atoms with van der Waals surface area (Å²) in [5.41, 5.74) is 4.31. The molecular weight excluding hydrogens is 408 g/mol. The first-order valence-electron chi connectivity index (χ1n) is 8.34. The third-order valence-electron chi connectivity index (χ3n) is 4.65. The summed E-state index contributed by atoms with van der Waals surface area (Å²) in [5.74, 6) is 0.610. The van der Waals surface area contributed by atoms with Crippen molar-refractivity contribution >= 4 is 21.7 Å². The van der Waals surface area contributed by atoms with Crippen molar-refractivity contribution in [2.75, 3.05) is 0 Å². The molecule has 0 bridgehead atoms. The number of hydrogen-bond acceptors (Lipinski definition) is 5. The van der Waals surface area contributed by atoms with Gasteiger partial charge < -0.3 is 4.57 Å². The van der Waals surface area contributed by atoms with Crippen molar-refractivity contribution < 1.29 is 4.79 Å². The van der Waals surface area contributed by atoms with Crippen LogP contribution in [0.15, 0.2) is 53.5 Å². The van der Waals surface area contributed by atoms with Gasteiger partial charge in [-0.05, 0) is 37.3 Å². The predicted molar refractivity (Wildman–Crippen MR) is 102 cm³/mol. The Kier molecular flexibility index (Phi) is 3.54. The van der Waals surface area contributed by atoms with E-state index in [0.717, 1.165) is 27.1 Å². The smallest absolute Gasteiger partial charge is 0.232 e. The van der Waals surface area contributed by atoms with Gasteiger partial charge in [0.2, 0.25) is 11.6 Å². The molecular formula is C19H13BrN6O. The summed E-state index contributed by atoms with van der Waals surface area (Å²) in [6, 6.07) is 9.31. The lowest BCUT2D eigenvalue weighted by molar-refractivity contribution is 0.102. The Bertz CT molecular complexity index is 1190. The molecule has 7 nitrogen and oxygen atoms in total. The minimum atomic E-state index is -0.222. The molecule has 3 aromatic heterocycles. The Morgan fingerprint density at radius 1 is 1.19 bits per heavy atom. The third kappa shape index (κ3) is 2.52. The highest BCUT2D eigenvalue weighted by molar-refractivity contribution is 9.10. The number of nitrogens with zero attached hydrogens (tertiary/aromatic N) is 6. The molecule has 0 saturated heterocycles. The van der Waals surface area contributed by atoms with Crippen LogP contribution in [-0.2, 0) is 6.54 Å². The van der Waals surface area contributed by atoms with Crippen LogP contribution < -0.4 is 0 Å². The molecule has 0 radical (unpaired) electrons. The number of rotatable bonds is 2. The molecule has 1 aliphatic rings. The van der Waals surface area contributed by atoms with Gasteiger partial charge in [-0.3, -0.25) is 9.78 Å². The van der Waals surface area contributed by atoms with Crippen LogP contribution in [0.1, 0.15) is 27.6 Å². The molecule has 0 saturated carbocycles. The number of halogens is 1. The van der Waals surface area contributed by atoms with Crippen LogP contribution in [0.25, 0.3) is 17.1 Å². The minimum absolute atomic E-state index is 0.174. The minimum Gasteiger partial charge on any atom is -0.300 e. The Morgan fingerprint density at radius 2 is 2.00 bits per heavy atom. The zero-order chi connectivity index (χ0) is 18.5. The zero-order valence-electron chi connectivity index (χ0n) is 14.3. The van der Waals surface area contributed by atoms with E-state index in [4.69, 9.17) is 0 Å². The molecule has 0 atom stereocenters. The fraction of sp³-hybridized carbons (Fsp3) is 0.105. The van der Waals surface area contributed by atoms with E-state index in [1.807, 2.05) is 31.5 Å². The molecule has 8 heteroatoms. The van der Waals surface area contributed by atoms with Crippen LogP contribution in [0, 0.1) is 6.92 Å². The van der Waals surface area contributed by atoms with Gasteiger partial charge in [-0.15, -0.1) is 5.10 Å². The van der Waals surface area contributed by atoms with E-state index >= 15 is 0 Å². The fourth-order valence-corrected chi connectivity index (χ4v) is 3.64. The lowest BCUT2D eigenvalue weighted by atomic mass is 10.1. The highest BCUT2D eigenvalue weighted by Crippen LogP contribution is 2.33. The normalized spacial score (nSPS) is 12.1. The second-order valence-electron chi connectivity index (χ2n) is 6.29. The van der Waals surface area contributed by atoms with Crippen LogP contribution in [-0.4, -0.2) is 35.1 Å². The van der Waals surface area contributed by atoms with Crippen molar-refractivity contribution in [2.24, 2.45) is 0 Å². The number of benzene rings is 1. The molecule has 4 aromatic rings. The van der Waals surface area contributed by atoms with Crippen molar-refractivity contribution in [1.29, 1.82) is 0 Å². The van der Waals surface area contributed by atoms with Gasteiger partial charge in [0.1, 0.15) is 0 Å². The zero-order valence-corrected chi connectivity index (χ0v) is 15.9. The van der Waals surface area contributed by atoms with E-state index in [0.29, 0.717) is 17.9 Å². The number of hydrogen-bond donors (Lipinski definition) is 0. The summed E-state index contributed by atoms with van der Waals surface area (Å²) in [5, 5.41) is 4.51. The highest BCUT2D eigenvalue weighted by atomic mass is 79.9. The van der Waals surface area contributed by atoms with Crippen LogP contribution in [0.5, 0.6) is 0 Å². The Balaban J connectivity index is 1.72. The van der Waals surface area contributed by atoms with Crippen LogP contribution >= 0.6 is 15.9 Å². The van der Waals surface area contributed by atoms with Crippen molar-refractivity contribution in [3.8, 4) is 17.1 Å². The van der Waals surface area contributed by atoms with Gasteiger partial charge in [-0.2, -0.15) is 0 Å². The Morgan fingerprint density at radius 3 is 2.81 bits per heavy atom. The van der Waals surface area contributed by atoms with Crippen LogP contribution in [0.2, 0.25) is 0 Å². The highest BCUT2D eigenvalue weighted by Gasteiger charge is 2.26. The van der Waals surface area contributed by atoms with E-state index in [9.17, 15) is 4.79 Å². The average molecular weight is 421 g/mol. The summed E-state index contributed by atoms with van der Waals surface area (Å²) in [7, 11) is 0. The van der Waals surface area contributed by atoms with Crippen molar-refractivity contribution in [1.82, 2.24) is 29.3 Å². The first-order valence-corrected chi connectivity index (χ1v) is 9.14. The number of pyridine rings is 1. The summed E-state index contributed by atoms with van der Waals surface area (Å²) in [4.78, 5) is 25.8. The summed E-state index contributed by atoms with van der Waals surface area (Å²) >= 11 is 3.53. The lowest BCUT2D eigenvalue weighted by Crippen LogP contribution is -2.08. The molecule has 0 amide bonds. The van der Waals surface area contributed by atoms with Gasteiger partial charge in [0.05, 0.1) is 29.9 Å². The van der Waals surface area contributed by atoms with Crippen LogP contribution in [0.4, 0.5) is 0 Å². The topological polar surface area (TPSA) is 78.5 Å². The van der Waals surface area contributed by atoms with E-state index in [-0.39, 0.29) is 11.6 Å². The standard InChI is InChI=1S/C19H13BrN6O/c1-11-16-9-26-19(14-8-13(20)2-3-15(14)25(16)10-22-11)23-18(24-26)17(27)12-4-6-21-7-5-12/h2-8,10H,9H2,1H3. The number of imidazole rings is 1. The number of carbonyl (C=O) groups is 1. The molecule has 5 rings (SSSR count). The van der Waals surface area contributed by atoms with Gasteiger partial charge in [0, 0.05) is 28.0 Å². The van der Waals surface area contributed by atoms with Crippen LogP contribution in [0.3, 0.4) is 0 Å². The molecule has 27 heavy (non-hydrogen) atoms. The maximum Gasteiger partial charge on any atom is 0.232 e. The van der Waals surface area contributed by atoms with E-state index in [2.05, 4.69) is 40.5 Å². The molecule has 0 spiro atoms. The molecule has 0 aliphatic carbocycles. The molecule has 1 aromatic carbocycles. The number of aromatic nitrogens is 6. The quantitative estimate of drug-likeness (QED) is 0.409. The molecule has 4 heterocycles. The summed E-state index contributed by atoms with van der Waals surface area (Å²) in [6.45, 7) is 2.46. The molecule has 1 aliphatic heterocycles. The van der Waals surface area contributed by atoms with Crippen molar-refractivity contribution in [3.05, 3.63) is 76.3 Å². The number of ketones is 1. The molecule has 132 valence electrons. The predicted octanol–water partition coefficient (Wildman–Crippen LogP) is 3.19. The van der Waals surface area contributed by atoms with E-state index < -0.39 is 0 Å². The fourth-order valence-electron chi connectivity index (χ4n) is 3.28. The van der Waals surface area contributed by atoms with Gasteiger partial charge in [-0.1, -0.05) is 15.9 Å². The number of aryl methyl sites for hydroxylation is 1. The van der Waals surface area contributed by atoms with Crippen molar-refractivity contribution in [2.45, 2.75) is 13.5 Å². The molecule has 0 unspecified atom stereocenters. The van der Waals surface area contributed by atoms with E-state index in [1.54, 1.807) is 29.2 Å². The van der Waals surface area contributed by atoms with Gasteiger partial charge in [0.25, 0.3) is 0 Å². The number of fused-ring (bicyclic) bond motifs is 5. The summed E-state index contributed by atoms with van der Waals surface area (Å²) in [6.07, 6.45) is 4.98. The van der Waals surface area contributed by atoms with Gasteiger partial charge in [0.15, 0.2) is 5.82 Å². The first kappa shape index (κ1) is 16.1. The third-order valence-corrected chi connectivity index (χ3v) is 5.14. The lowest BCUT2D eigenvalue weighted by Gasteiger charge is -2.08. The monoisotopic (exact) mass is 420 g/mol. The van der Waals surface area contributed by atoms with E-state index in [1.165, 1.54) is 0 Å². The maximum absolute atomic E-state index is 12.8. The Labute approximate surface area is 162 Å². The molecule has 0 fully saturated rings. The average Bonchev–Trinajstić information content (AvgIpc) is 3.24. The van der Waals surface area contributed by atoms with Gasteiger partial charge >= 0.3 is 0 Å². The second-order valence-corrected chi connectivity index (χ2v) is 7.21. The van der Waals surface area contributed by atoms with Gasteiger partial charge in [-0.25, -0.2) is 14.6 Å². The Hall–Kier alpha value is -3.13. The molecule has 0 N–H and O–H groups in total.